The molecule has 0 bridgehead atoms. The van der Waals surface area contributed by atoms with Gasteiger partial charge in [-0.2, -0.15) is 0 Å². The molecule has 1 spiro atoms. The second-order valence-electron chi connectivity index (χ2n) is 9.35. The van der Waals surface area contributed by atoms with Gasteiger partial charge in [-0.3, -0.25) is 19.4 Å². The van der Waals surface area contributed by atoms with Crippen LogP contribution in [0.1, 0.15) is 49.9 Å². The first kappa shape index (κ1) is 21.1. The summed E-state index contributed by atoms with van der Waals surface area (Å²) in [4.78, 5) is 30.1. The molecular formula is C26H28N2O3S. The molecule has 0 aromatic heterocycles. The Morgan fingerprint density at radius 3 is 2.47 bits per heavy atom. The standard InChI is InChI=1S/C26H28N2O3S/c1-7-31-19-11-20-17(4)13-25(5,6)28-23(20)21(12-19)26(24(28)30)27(22(29)14-32-26)18-9-8-15(2)16(3)10-18/h8-13H,7,14H2,1-6H3/t26-/m0/s1. The summed E-state index contributed by atoms with van der Waals surface area (Å²) in [6.07, 6.45) is 2.13. The highest BCUT2D eigenvalue weighted by Crippen LogP contribution is 2.60. The van der Waals surface area contributed by atoms with E-state index in [2.05, 4.69) is 26.8 Å². The van der Waals surface area contributed by atoms with Crippen LogP contribution in [-0.2, 0) is 14.5 Å². The van der Waals surface area contributed by atoms with E-state index in [1.165, 1.54) is 11.8 Å². The van der Waals surface area contributed by atoms with Gasteiger partial charge < -0.3 is 4.74 Å². The monoisotopic (exact) mass is 448 g/mol. The number of aryl methyl sites for hydroxylation is 2. The molecule has 6 heteroatoms. The second-order valence-corrected chi connectivity index (χ2v) is 10.5. The molecule has 3 aliphatic heterocycles. The van der Waals surface area contributed by atoms with Crippen LogP contribution in [0.25, 0.3) is 5.57 Å². The fraction of sp³-hybridized carbons (Fsp3) is 0.385. The van der Waals surface area contributed by atoms with Crippen LogP contribution in [0.5, 0.6) is 5.75 Å². The van der Waals surface area contributed by atoms with Crippen molar-refractivity contribution in [1.29, 1.82) is 0 Å². The Morgan fingerprint density at radius 2 is 1.78 bits per heavy atom. The van der Waals surface area contributed by atoms with Gasteiger partial charge in [0.05, 0.1) is 23.6 Å². The highest BCUT2D eigenvalue weighted by atomic mass is 32.2. The molecule has 2 aromatic rings. The fourth-order valence-corrected chi connectivity index (χ4v) is 6.59. The Kier molecular flexibility index (Phi) is 4.55. The molecule has 0 N–H and O–H groups in total. The number of ether oxygens (including phenoxy) is 1. The van der Waals surface area contributed by atoms with Crippen LogP contribution in [0, 0.1) is 13.8 Å². The van der Waals surface area contributed by atoms with E-state index in [-0.39, 0.29) is 17.6 Å². The van der Waals surface area contributed by atoms with Gasteiger partial charge in [-0.15, -0.1) is 11.8 Å². The Balaban J connectivity index is 1.82. The number of carbonyl (C=O) groups excluding carboxylic acids is 2. The minimum absolute atomic E-state index is 0.0514. The van der Waals surface area contributed by atoms with E-state index in [0.29, 0.717) is 6.61 Å². The highest BCUT2D eigenvalue weighted by Gasteiger charge is 2.64. The molecule has 0 aliphatic carbocycles. The first-order chi connectivity index (χ1) is 15.1. The molecule has 1 atom stereocenters. The van der Waals surface area contributed by atoms with Crippen molar-refractivity contribution in [3.8, 4) is 5.75 Å². The van der Waals surface area contributed by atoms with Gasteiger partial charge in [0.1, 0.15) is 5.75 Å². The van der Waals surface area contributed by atoms with E-state index in [0.717, 1.165) is 45.0 Å². The normalized spacial score (nSPS) is 23.1. The number of hydrogen-bond acceptors (Lipinski definition) is 4. The molecule has 5 rings (SSSR count). The van der Waals surface area contributed by atoms with Crippen molar-refractivity contribution in [3.05, 3.63) is 58.7 Å². The van der Waals surface area contributed by atoms with Crippen LogP contribution in [0.3, 0.4) is 0 Å². The molecule has 0 saturated carbocycles. The largest absolute Gasteiger partial charge is 0.494 e. The number of thioether (sulfide) groups is 1. The predicted molar refractivity (Wildman–Crippen MR) is 130 cm³/mol. The van der Waals surface area contributed by atoms with E-state index in [9.17, 15) is 9.59 Å². The molecule has 32 heavy (non-hydrogen) atoms. The Bertz CT molecular complexity index is 1220. The lowest BCUT2D eigenvalue weighted by Gasteiger charge is -2.40. The Labute approximate surface area is 193 Å². The lowest BCUT2D eigenvalue weighted by molar-refractivity contribution is -0.124. The van der Waals surface area contributed by atoms with Gasteiger partial charge in [0.25, 0.3) is 5.91 Å². The zero-order valence-corrected chi connectivity index (χ0v) is 20.2. The van der Waals surface area contributed by atoms with Crippen LogP contribution >= 0.6 is 11.8 Å². The summed E-state index contributed by atoms with van der Waals surface area (Å²) < 4.78 is 5.90. The third-order valence-corrected chi connectivity index (χ3v) is 8.15. The SMILES string of the molecule is CCOc1cc2c3c(c1)[C@]1(SCC(=O)N1c1ccc(C)c(C)c1)C(=O)N3C(C)(C)C=C2C. The molecule has 1 saturated heterocycles. The van der Waals surface area contributed by atoms with Crippen LogP contribution in [-0.4, -0.2) is 29.7 Å². The topological polar surface area (TPSA) is 49.9 Å². The Morgan fingerprint density at radius 1 is 1.03 bits per heavy atom. The van der Waals surface area contributed by atoms with Crippen molar-refractivity contribution in [2.45, 2.75) is 52.0 Å². The van der Waals surface area contributed by atoms with Crippen LogP contribution in [0.15, 0.2) is 36.4 Å². The van der Waals surface area contributed by atoms with Gasteiger partial charge >= 0.3 is 0 Å². The number of nitrogens with zero attached hydrogens (tertiary/aromatic N) is 2. The molecule has 3 aliphatic rings. The van der Waals surface area contributed by atoms with Gasteiger partial charge in [-0.25, -0.2) is 0 Å². The van der Waals surface area contributed by atoms with E-state index in [4.69, 9.17) is 4.74 Å². The number of hydrogen-bond donors (Lipinski definition) is 0. The van der Waals surface area contributed by atoms with E-state index < -0.39 is 10.4 Å². The number of fused-ring (bicyclic) bond motifs is 1. The maximum atomic E-state index is 14.3. The summed E-state index contributed by atoms with van der Waals surface area (Å²) in [7, 11) is 0. The molecule has 0 radical (unpaired) electrons. The smallest absolute Gasteiger partial charge is 0.269 e. The lowest BCUT2D eigenvalue weighted by Crippen LogP contribution is -2.54. The average molecular weight is 449 g/mol. The molecule has 166 valence electrons. The number of benzene rings is 2. The molecule has 2 aromatic carbocycles. The number of amides is 2. The van der Waals surface area contributed by atoms with E-state index in [1.807, 2.05) is 56.0 Å². The van der Waals surface area contributed by atoms with Gasteiger partial charge in [0.2, 0.25) is 10.8 Å². The summed E-state index contributed by atoms with van der Waals surface area (Å²) in [5.74, 6) is 0.866. The summed E-state index contributed by atoms with van der Waals surface area (Å²) in [5.41, 5.74) is 6.36. The first-order valence-electron chi connectivity index (χ1n) is 11.0. The highest BCUT2D eigenvalue weighted by molar-refractivity contribution is 8.02. The maximum Gasteiger partial charge on any atom is 0.269 e. The number of allylic oxidation sites excluding steroid dienone is 1. The maximum absolute atomic E-state index is 14.3. The van der Waals surface area contributed by atoms with Crippen molar-refractivity contribution in [1.82, 2.24) is 0 Å². The van der Waals surface area contributed by atoms with Gasteiger partial charge in [-0.1, -0.05) is 12.1 Å². The van der Waals surface area contributed by atoms with E-state index in [1.54, 1.807) is 4.90 Å². The van der Waals surface area contributed by atoms with Crippen LogP contribution < -0.4 is 14.5 Å². The molecule has 3 heterocycles. The molecule has 0 unspecified atom stereocenters. The quantitative estimate of drug-likeness (QED) is 0.649. The molecular weight excluding hydrogens is 420 g/mol. The zero-order chi connectivity index (χ0) is 23.0. The van der Waals surface area contributed by atoms with Gasteiger partial charge in [0, 0.05) is 16.8 Å². The molecule has 1 fully saturated rings. The fourth-order valence-electron chi connectivity index (χ4n) is 5.27. The zero-order valence-electron chi connectivity index (χ0n) is 19.4. The minimum atomic E-state index is -1.13. The summed E-state index contributed by atoms with van der Waals surface area (Å²) in [6, 6.07) is 9.96. The number of anilines is 2. The van der Waals surface area contributed by atoms with E-state index >= 15 is 0 Å². The average Bonchev–Trinajstić information content (AvgIpc) is 3.19. The molecule has 5 nitrogen and oxygen atoms in total. The van der Waals surface area contributed by atoms with Crippen molar-refractivity contribution in [2.24, 2.45) is 0 Å². The van der Waals surface area contributed by atoms with Crippen molar-refractivity contribution in [3.63, 3.8) is 0 Å². The third kappa shape index (κ3) is 2.65. The summed E-state index contributed by atoms with van der Waals surface area (Å²) in [6.45, 7) is 12.8. The first-order valence-corrected chi connectivity index (χ1v) is 12.0. The van der Waals surface area contributed by atoms with Gasteiger partial charge in [0.15, 0.2) is 0 Å². The molecule has 2 amide bonds. The van der Waals surface area contributed by atoms with Crippen LogP contribution in [0.2, 0.25) is 0 Å². The van der Waals surface area contributed by atoms with Gasteiger partial charge in [-0.05, 0) is 82.5 Å². The minimum Gasteiger partial charge on any atom is -0.494 e. The number of carbonyl (C=O) groups is 2. The summed E-state index contributed by atoms with van der Waals surface area (Å²) >= 11 is 1.42. The van der Waals surface area contributed by atoms with Crippen molar-refractivity contribution >= 4 is 40.5 Å². The lowest BCUT2D eigenvalue weighted by atomic mass is 9.89. The third-order valence-electron chi connectivity index (χ3n) is 6.76. The Hall–Kier alpha value is -2.73. The van der Waals surface area contributed by atoms with Crippen molar-refractivity contribution in [2.75, 3.05) is 22.2 Å². The summed E-state index contributed by atoms with van der Waals surface area (Å²) in [5, 5.41) is 0. The predicted octanol–water partition coefficient (Wildman–Crippen LogP) is 5.18. The van der Waals surface area contributed by atoms with Crippen molar-refractivity contribution < 1.29 is 14.3 Å². The van der Waals surface area contributed by atoms with Crippen LogP contribution in [0.4, 0.5) is 11.4 Å². The second kappa shape index (κ2) is 6.88. The number of rotatable bonds is 3.